The number of hydrogen-bond acceptors (Lipinski definition) is 3. The van der Waals surface area contributed by atoms with E-state index >= 15 is 0 Å². The van der Waals surface area contributed by atoms with Crippen LogP contribution in [0, 0.1) is 0 Å². The van der Waals surface area contributed by atoms with E-state index in [2.05, 4.69) is 10.5 Å². The van der Waals surface area contributed by atoms with Gasteiger partial charge in [-0.3, -0.25) is 4.79 Å². The summed E-state index contributed by atoms with van der Waals surface area (Å²) >= 11 is 11.9. The zero-order chi connectivity index (χ0) is 19.4. The lowest BCUT2D eigenvalue weighted by molar-refractivity contribution is -0.127. The van der Waals surface area contributed by atoms with Crippen LogP contribution in [0.2, 0.25) is 10.0 Å². The average molecular weight is 401 g/mol. The van der Waals surface area contributed by atoms with Crippen molar-refractivity contribution in [3.63, 3.8) is 0 Å². The van der Waals surface area contributed by atoms with Crippen molar-refractivity contribution in [2.45, 2.75) is 20.0 Å². The molecule has 0 heterocycles. The van der Waals surface area contributed by atoms with Gasteiger partial charge < -0.3 is 4.74 Å². The molecule has 0 aliphatic heterocycles. The predicted octanol–water partition coefficient (Wildman–Crippen LogP) is 5.45. The molecule has 4 nitrogen and oxygen atoms in total. The fourth-order valence-electron chi connectivity index (χ4n) is 2.52. The first kappa shape index (κ1) is 19.2. The Morgan fingerprint density at radius 1 is 1.04 bits per heavy atom. The summed E-state index contributed by atoms with van der Waals surface area (Å²) in [7, 11) is 0. The van der Waals surface area contributed by atoms with Crippen molar-refractivity contribution in [3.8, 4) is 5.75 Å². The maximum absolute atomic E-state index is 12.3. The van der Waals surface area contributed by atoms with Crippen LogP contribution in [0.25, 0.3) is 10.8 Å². The van der Waals surface area contributed by atoms with Crippen LogP contribution in [0.15, 0.2) is 65.8 Å². The number of nitrogens with one attached hydrogen (secondary N) is 1. The predicted molar refractivity (Wildman–Crippen MR) is 111 cm³/mol. The molecule has 1 amide bonds. The maximum Gasteiger partial charge on any atom is 0.280 e. The third-order valence-corrected chi connectivity index (χ3v) is 4.60. The van der Waals surface area contributed by atoms with E-state index in [-0.39, 0.29) is 5.91 Å². The molecular formula is C21H18Cl2N2O2. The number of carbonyl (C=O) groups is 1. The largest absolute Gasteiger partial charge is 0.479 e. The SMILES string of the molecule is C/C(=N/NC(=O)[C@@H](C)Oc1ccc(Cl)cc1Cl)c1ccc2ccccc2c1. The normalized spacial score (nSPS) is 12.7. The molecule has 0 fully saturated rings. The van der Waals surface area contributed by atoms with Crippen molar-refractivity contribution in [2.75, 3.05) is 0 Å². The first-order valence-corrected chi connectivity index (χ1v) is 9.14. The smallest absolute Gasteiger partial charge is 0.280 e. The molecule has 0 bridgehead atoms. The van der Waals surface area contributed by atoms with Gasteiger partial charge in [-0.05, 0) is 54.4 Å². The summed E-state index contributed by atoms with van der Waals surface area (Å²) in [5.41, 5.74) is 4.17. The van der Waals surface area contributed by atoms with E-state index in [4.69, 9.17) is 27.9 Å². The second kappa shape index (κ2) is 8.42. The number of hydrogen-bond donors (Lipinski definition) is 1. The van der Waals surface area contributed by atoms with Crippen LogP contribution in [-0.2, 0) is 4.79 Å². The molecule has 3 rings (SSSR count). The second-order valence-corrected chi connectivity index (χ2v) is 6.91. The van der Waals surface area contributed by atoms with E-state index in [9.17, 15) is 4.79 Å². The van der Waals surface area contributed by atoms with Crippen LogP contribution < -0.4 is 10.2 Å². The summed E-state index contributed by atoms with van der Waals surface area (Å²) in [4.78, 5) is 12.3. The molecule has 0 saturated carbocycles. The van der Waals surface area contributed by atoms with E-state index in [0.717, 1.165) is 16.3 Å². The maximum atomic E-state index is 12.3. The zero-order valence-corrected chi connectivity index (χ0v) is 16.4. The second-order valence-electron chi connectivity index (χ2n) is 6.07. The first-order chi connectivity index (χ1) is 12.9. The van der Waals surface area contributed by atoms with Gasteiger partial charge in [0, 0.05) is 5.02 Å². The highest BCUT2D eigenvalue weighted by Gasteiger charge is 2.16. The fourth-order valence-corrected chi connectivity index (χ4v) is 2.98. The van der Waals surface area contributed by atoms with Gasteiger partial charge in [0.1, 0.15) is 5.75 Å². The number of benzene rings is 3. The molecular weight excluding hydrogens is 383 g/mol. The van der Waals surface area contributed by atoms with E-state index in [1.54, 1.807) is 25.1 Å². The molecule has 3 aromatic rings. The van der Waals surface area contributed by atoms with Gasteiger partial charge in [0.25, 0.3) is 5.91 Å². The lowest BCUT2D eigenvalue weighted by Crippen LogP contribution is -2.34. The number of nitrogens with zero attached hydrogens (tertiary/aromatic N) is 1. The highest BCUT2D eigenvalue weighted by atomic mass is 35.5. The third kappa shape index (κ3) is 4.79. The van der Waals surface area contributed by atoms with Gasteiger partial charge in [-0.1, -0.05) is 59.6 Å². The minimum atomic E-state index is -0.767. The fraction of sp³-hybridized carbons (Fsp3) is 0.143. The van der Waals surface area contributed by atoms with Crippen molar-refractivity contribution in [1.82, 2.24) is 5.43 Å². The van der Waals surface area contributed by atoms with E-state index < -0.39 is 6.10 Å². The summed E-state index contributed by atoms with van der Waals surface area (Å²) in [6, 6.07) is 18.9. The molecule has 1 N–H and O–H groups in total. The number of hydrazone groups is 1. The van der Waals surface area contributed by atoms with Crippen molar-refractivity contribution in [1.29, 1.82) is 0 Å². The van der Waals surface area contributed by atoms with Gasteiger partial charge in [-0.15, -0.1) is 0 Å². The average Bonchev–Trinajstić information content (AvgIpc) is 2.67. The number of amides is 1. The van der Waals surface area contributed by atoms with Gasteiger partial charge in [0.15, 0.2) is 6.10 Å². The molecule has 27 heavy (non-hydrogen) atoms. The molecule has 138 valence electrons. The molecule has 0 aliphatic carbocycles. The standard InChI is InChI=1S/C21H18Cl2N2O2/c1-13(16-8-7-15-5-3-4-6-17(15)11-16)24-25-21(26)14(2)27-20-10-9-18(22)12-19(20)23/h3-12,14H,1-2H3,(H,25,26)/b24-13-/t14-/m1/s1. The lowest BCUT2D eigenvalue weighted by atomic mass is 10.0. The minimum absolute atomic E-state index is 0.345. The number of fused-ring (bicyclic) bond motifs is 1. The highest BCUT2D eigenvalue weighted by Crippen LogP contribution is 2.28. The first-order valence-electron chi connectivity index (χ1n) is 8.39. The Labute approximate surface area is 167 Å². The van der Waals surface area contributed by atoms with Crippen molar-refractivity contribution in [3.05, 3.63) is 76.3 Å². The molecule has 0 radical (unpaired) electrons. The minimum Gasteiger partial charge on any atom is -0.479 e. The summed E-state index contributed by atoms with van der Waals surface area (Å²) < 4.78 is 5.59. The zero-order valence-electron chi connectivity index (χ0n) is 14.9. The van der Waals surface area contributed by atoms with Crippen LogP contribution in [0.5, 0.6) is 5.75 Å². The van der Waals surface area contributed by atoms with Crippen molar-refractivity contribution < 1.29 is 9.53 Å². The lowest BCUT2D eigenvalue weighted by Gasteiger charge is -2.14. The Morgan fingerprint density at radius 3 is 2.52 bits per heavy atom. The summed E-state index contributed by atoms with van der Waals surface area (Å²) in [6.07, 6.45) is -0.767. The number of ether oxygens (including phenoxy) is 1. The van der Waals surface area contributed by atoms with E-state index in [0.29, 0.717) is 21.5 Å². The van der Waals surface area contributed by atoms with Gasteiger partial charge in [-0.25, -0.2) is 5.43 Å². The van der Waals surface area contributed by atoms with Gasteiger partial charge in [0.2, 0.25) is 0 Å². The van der Waals surface area contributed by atoms with E-state index in [1.165, 1.54) is 0 Å². The third-order valence-electron chi connectivity index (χ3n) is 4.07. The molecule has 0 aliphatic rings. The van der Waals surface area contributed by atoms with E-state index in [1.807, 2.05) is 49.4 Å². The molecule has 0 saturated heterocycles. The van der Waals surface area contributed by atoms with Gasteiger partial charge in [-0.2, -0.15) is 5.10 Å². The Kier molecular flexibility index (Phi) is 5.99. The molecule has 0 aromatic heterocycles. The molecule has 0 spiro atoms. The van der Waals surface area contributed by atoms with Gasteiger partial charge in [0.05, 0.1) is 10.7 Å². The van der Waals surface area contributed by atoms with Crippen molar-refractivity contribution >= 4 is 45.6 Å². The number of halogens is 2. The summed E-state index contributed by atoms with van der Waals surface area (Å²) in [5, 5.41) is 7.30. The van der Waals surface area contributed by atoms with Crippen LogP contribution in [0.4, 0.5) is 0 Å². The Morgan fingerprint density at radius 2 is 1.78 bits per heavy atom. The van der Waals surface area contributed by atoms with Crippen LogP contribution in [0.3, 0.4) is 0 Å². The molecule has 0 unspecified atom stereocenters. The van der Waals surface area contributed by atoms with Crippen LogP contribution >= 0.6 is 23.2 Å². The summed E-state index contributed by atoms with van der Waals surface area (Å²) in [6.45, 7) is 3.47. The van der Waals surface area contributed by atoms with Gasteiger partial charge >= 0.3 is 0 Å². The quantitative estimate of drug-likeness (QED) is 0.456. The Balaban J connectivity index is 1.67. The van der Waals surface area contributed by atoms with Crippen molar-refractivity contribution in [2.24, 2.45) is 5.10 Å². The number of rotatable bonds is 5. The Hall–Kier alpha value is -2.56. The monoisotopic (exact) mass is 400 g/mol. The number of carbonyl (C=O) groups excluding carboxylic acids is 1. The van der Waals surface area contributed by atoms with Crippen LogP contribution in [-0.4, -0.2) is 17.7 Å². The summed E-state index contributed by atoms with van der Waals surface area (Å²) in [5.74, 6) is 0.0140. The molecule has 1 atom stereocenters. The molecule has 6 heteroatoms. The highest BCUT2D eigenvalue weighted by molar-refractivity contribution is 6.35. The Bertz CT molecular complexity index is 1020. The topological polar surface area (TPSA) is 50.7 Å². The molecule has 3 aromatic carbocycles. The van der Waals surface area contributed by atoms with Crippen LogP contribution in [0.1, 0.15) is 19.4 Å².